The van der Waals surface area contributed by atoms with Crippen molar-refractivity contribution < 1.29 is 9.18 Å². The van der Waals surface area contributed by atoms with E-state index in [1.807, 2.05) is 37.3 Å². The molecule has 0 spiro atoms. The molecule has 0 atom stereocenters. The van der Waals surface area contributed by atoms with Crippen molar-refractivity contribution in [3.05, 3.63) is 60.4 Å². The minimum Gasteiger partial charge on any atom is -0.336 e. The number of benzene rings is 2. The second-order valence-corrected chi connectivity index (χ2v) is 5.05. The van der Waals surface area contributed by atoms with Gasteiger partial charge >= 0.3 is 0 Å². The van der Waals surface area contributed by atoms with E-state index < -0.39 is 0 Å². The molecule has 23 heavy (non-hydrogen) atoms. The van der Waals surface area contributed by atoms with E-state index in [-0.39, 0.29) is 5.82 Å². The van der Waals surface area contributed by atoms with Crippen molar-refractivity contribution in [3.8, 4) is 22.6 Å². The first-order valence-electron chi connectivity index (χ1n) is 7.36. The summed E-state index contributed by atoms with van der Waals surface area (Å²) >= 11 is 0. The van der Waals surface area contributed by atoms with Gasteiger partial charge in [-0.2, -0.15) is 0 Å². The third-order valence-electron chi connectivity index (χ3n) is 3.60. The molecule has 0 saturated carbocycles. The lowest BCUT2D eigenvalue weighted by Crippen LogP contribution is -2.21. The maximum atomic E-state index is 13.1. The first kappa shape index (κ1) is 15.0. The molecule has 4 nitrogen and oxygen atoms in total. The first-order valence-corrected chi connectivity index (χ1v) is 7.36. The van der Waals surface area contributed by atoms with Gasteiger partial charge < -0.3 is 4.98 Å². The number of anilines is 1. The van der Waals surface area contributed by atoms with Gasteiger partial charge in [0.15, 0.2) is 5.82 Å². The second kappa shape index (κ2) is 6.44. The number of nitrogens with one attached hydrogen (secondary N) is 1. The lowest BCUT2D eigenvalue weighted by molar-refractivity contribution is -0.107. The smallest absolute Gasteiger partial charge is 0.215 e. The van der Waals surface area contributed by atoms with E-state index in [2.05, 4.69) is 9.97 Å². The predicted octanol–water partition coefficient (Wildman–Crippen LogP) is 3.87. The Kier molecular flexibility index (Phi) is 4.19. The Morgan fingerprint density at radius 3 is 2.39 bits per heavy atom. The highest BCUT2D eigenvalue weighted by Gasteiger charge is 2.17. The largest absolute Gasteiger partial charge is 0.336 e. The molecule has 1 aromatic heterocycles. The molecule has 1 N–H and O–H groups in total. The van der Waals surface area contributed by atoms with E-state index in [0.29, 0.717) is 18.2 Å². The fraction of sp³-hybridized carbons (Fsp3) is 0.111. The molecule has 0 radical (unpaired) electrons. The van der Waals surface area contributed by atoms with Gasteiger partial charge in [-0.15, -0.1) is 0 Å². The molecule has 1 amide bonds. The molecule has 0 bridgehead atoms. The van der Waals surface area contributed by atoms with Crippen molar-refractivity contribution in [1.82, 2.24) is 9.97 Å². The van der Waals surface area contributed by atoms with Crippen molar-refractivity contribution >= 4 is 12.2 Å². The number of H-pyrrole nitrogens is 1. The van der Waals surface area contributed by atoms with Crippen LogP contribution in [0.2, 0.25) is 0 Å². The van der Waals surface area contributed by atoms with E-state index in [1.54, 1.807) is 12.1 Å². The molecule has 0 unspecified atom stereocenters. The molecular formula is C18H16FN3O. The summed E-state index contributed by atoms with van der Waals surface area (Å²) in [6.07, 6.45) is 0.761. The SMILES string of the molecule is CCN(C=O)c1nc(-c2ccc(F)cc2)[nH]c1-c1ccccc1. The van der Waals surface area contributed by atoms with Crippen LogP contribution in [0, 0.1) is 5.82 Å². The van der Waals surface area contributed by atoms with E-state index in [9.17, 15) is 9.18 Å². The number of carbonyl (C=O) groups excluding carboxylic acids is 1. The highest BCUT2D eigenvalue weighted by Crippen LogP contribution is 2.31. The van der Waals surface area contributed by atoms with Gasteiger partial charge in [0.05, 0.1) is 5.69 Å². The Morgan fingerprint density at radius 1 is 1.09 bits per heavy atom. The highest BCUT2D eigenvalue weighted by atomic mass is 19.1. The van der Waals surface area contributed by atoms with E-state index in [0.717, 1.165) is 23.2 Å². The Bertz CT molecular complexity index is 797. The number of aromatic amines is 1. The number of hydrogen-bond acceptors (Lipinski definition) is 2. The summed E-state index contributed by atoms with van der Waals surface area (Å²) in [7, 11) is 0. The molecular weight excluding hydrogens is 293 g/mol. The zero-order valence-electron chi connectivity index (χ0n) is 12.7. The Morgan fingerprint density at radius 2 is 1.78 bits per heavy atom. The molecule has 0 saturated heterocycles. The molecule has 1 heterocycles. The number of rotatable bonds is 5. The maximum absolute atomic E-state index is 13.1. The number of amides is 1. The quantitative estimate of drug-likeness (QED) is 0.727. The van der Waals surface area contributed by atoms with Crippen LogP contribution >= 0.6 is 0 Å². The molecule has 3 aromatic rings. The van der Waals surface area contributed by atoms with Crippen LogP contribution < -0.4 is 4.90 Å². The van der Waals surface area contributed by atoms with Crippen LogP contribution in [-0.2, 0) is 4.79 Å². The van der Waals surface area contributed by atoms with E-state index in [1.165, 1.54) is 17.0 Å². The molecule has 0 aliphatic heterocycles. The van der Waals surface area contributed by atoms with Crippen LogP contribution in [0.5, 0.6) is 0 Å². The number of aromatic nitrogens is 2. The molecule has 3 rings (SSSR count). The normalized spacial score (nSPS) is 10.5. The zero-order chi connectivity index (χ0) is 16.2. The number of imidazole rings is 1. The molecule has 2 aromatic carbocycles. The lowest BCUT2D eigenvalue weighted by Gasteiger charge is -2.13. The van der Waals surface area contributed by atoms with Crippen LogP contribution in [0.3, 0.4) is 0 Å². The summed E-state index contributed by atoms with van der Waals surface area (Å²) in [6, 6.07) is 15.8. The predicted molar refractivity (Wildman–Crippen MR) is 88.5 cm³/mol. The minimum absolute atomic E-state index is 0.299. The van der Waals surface area contributed by atoms with E-state index >= 15 is 0 Å². The lowest BCUT2D eigenvalue weighted by atomic mass is 10.1. The van der Waals surface area contributed by atoms with Gasteiger partial charge in [-0.1, -0.05) is 30.3 Å². The molecule has 0 aliphatic rings. The highest BCUT2D eigenvalue weighted by molar-refractivity contribution is 5.84. The van der Waals surface area contributed by atoms with Gasteiger partial charge in [-0.25, -0.2) is 9.37 Å². The van der Waals surface area contributed by atoms with Gasteiger partial charge in [0.1, 0.15) is 11.6 Å². The van der Waals surface area contributed by atoms with Crippen molar-refractivity contribution in [2.24, 2.45) is 0 Å². The number of carbonyl (C=O) groups is 1. The monoisotopic (exact) mass is 309 g/mol. The zero-order valence-corrected chi connectivity index (χ0v) is 12.7. The van der Waals surface area contributed by atoms with Crippen LogP contribution in [0.4, 0.5) is 10.2 Å². The van der Waals surface area contributed by atoms with Gasteiger partial charge in [-0.3, -0.25) is 9.69 Å². The van der Waals surface area contributed by atoms with Gasteiger partial charge in [-0.05, 0) is 31.2 Å². The number of halogens is 1. The molecule has 0 aliphatic carbocycles. The van der Waals surface area contributed by atoms with Crippen molar-refractivity contribution in [2.45, 2.75) is 6.92 Å². The Hall–Kier alpha value is -2.95. The minimum atomic E-state index is -0.299. The summed E-state index contributed by atoms with van der Waals surface area (Å²) in [6.45, 7) is 2.40. The van der Waals surface area contributed by atoms with Gasteiger partial charge in [0.2, 0.25) is 6.41 Å². The van der Waals surface area contributed by atoms with Crippen LogP contribution in [0.25, 0.3) is 22.6 Å². The van der Waals surface area contributed by atoms with Gasteiger partial charge in [0.25, 0.3) is 0 Å². The second-order valence-electron chi connectivity index (χ2n) is 5.05. The van der Waals surface area contributed by atoms with Crippen LogP contribution in [-0.4, -0.2) is 22.9 Å². The average molecular weight is 309 g/mol. The summed E-state index contributed by atoms with van der Waals surface area (Å²) in [4.78, 5) is 20.7. The Labute approximate surface area is 133 Å². The van der Waals surface area contributed by atoms with E-state index in [4.69, 9.17) is 0 Å². The van der Waals surface area contributed by atoms with Gasteiger partial charge in [0, 0.05) is 17.7 Å². The molecule has 5 heteroatoms. The average Bonchev–Trinajstić information content (AvgIpc) is 3.03. The molecule has 0 fully saturated rings. The standard InChI is InChI=1S/C18H16FN3O/c1-2-22(12-23)18-16(13-6-4-3-5-7-13)20-17(21-18)14-8-10-15(19)11-9-14/h3-12H,2H2,1H3,(H,20,21). The Balaban J connectivity index is 2.13. The fourth-order valence-corrected chi connectivity index (χ4v) is 2.40. The van der Waals surface area contributed by atoms with Crippen LogP contribution in [0.1, 0.15) is 6.92 Å². The number of hydrogen-bond donors (Lipinski definition) is 1. The first-order chi connectivity index (χ1) is 11.2. The van der Waals surface area contributed by atoms with Crippen molar-refractivity contribution in [2.75, 3.05) is 11.4 Å². The summed E-state index contributed by atoms with van der Waals surface area (Å²) in [5, 5.41) is 0. The maximum Gasteiger partial charge on any atom is 0.215 e. The topological polar surface area (TPSA) is 49.0 Å². The third kappa shape index (κ3) is 2.99. The van der Waals surface area contributed by atoms with Crippen LogP contribution in [0.15, 0.2) is 54.6 Å². The molecule has 116 valence electrons. The third-order valence-corrected chi connectivity index (χ3v) is 3.60. The summed E-state index contributed by atoms with van der Waals surface area (Å²) < 4.78 is 13.1. The number of nitrogens with zero attached hydrogens (tertiary/aromatic N) is 2. The fourth-order valence-electron chi connectivity index (χ4n) is 2.40. The van der Waals surface area contributed by atoms with Crippen molar-refractivity contribution in [3.63, 3.8) is 0 Å². The summed E-state index contributed by atoms with van der Waals surface area (Å²) in [5.41, 5.74) is 2.46. The summed E-state index contributed by atoms with van der Waals surface area (Å²) in [5.74, 6) is 0.860. The van der Waals surface area contributed by atoms with Crippen molar-refractivity contribution in [1.29, 1.82) is 0 Å².